The number of phenols is 1. The first kappa shape index (κ1) is 57.9. The number of hydrogen-bond acceptors (Lipinski definition) is 18. The number of carbonyl (C=O) groups excluding carboxylic acids is 3. The summed E-state index contributed by atoms with van der Waals surface area (Å²) in [4.78, 5) is 71.6. The van der Waals surface area contributed by atoms with Crippen molar-refractivity contribution in [1.29, 1.82) is 0 Å². The lowest BCUT2D eigenvalue weighted by molar-refractivity contribution is -0.141. The second-order valence-corrected chi connectivity index (χ2v) is 25.0. The first-order valence-electron chi connectivity index (χ1n) is 29.9. The summed E-state index contributed by atoms with van der Waals surface area (Å²) in [6.07, 6.45) is 4.84. The lowest BCUT2D eigenvalue weighted by Gasteiger charge is -2.39. The van der Waals surface area contributed by atoms with Gasteiger partial charge in [-0.1, -0.05) is 68.4 Å². The Morgan fingerprint density at radius 3 is 2.40 bits per heavy atom. The van der Waals surface area contributed by atoms with E-state index in [-0.39, 0.29) is 91.0 Å². The van der Waals surface area contributed by atoms with Crippen molar-refractivity contribution in [3.63, 3.8) is 0 Å². The molecule has 5 aliphatic rings. The second-order valence-electron chi connectivity index (χ2n) is 24.2. The van der Waals surface area contributed by atoms with E-state index in [1.54, 1.807) is 40.6 Å². The molecule has 0 radical (unpaired) electrons. The number of aromatic hydroxyl groups is 1. The Kier molecular flexibility index (Phi) is 16.4. The third kappa shape index (κ3) is 11.6. The summed E-state index contributed by atoms with van der Waals surface area (Å²) in [6.45, 7) is 14.8. The molecule has 85 heavy (non-hydrogen) atoms. The number of benzene rings is 3. The van der Waals surface area contributed by atoms with Crippen molar-refractivity contribution in [2.45, 2.75) is 134 Å². The number of hydrogen-bond donors (Lipinski definition) is 4. The van der Waals surface area contributed by atoms with Crippen LogP contribution >= 0.6 is 11.3 Å². The van der Waals surface area contributed by atoms with Crippen molar-refractivity contribution in [2.75, 3.05) is 69.3 Å². The van der Waals surface area contributed by atoms with Crippen LogP contribution in [-0.2, 0) is 20.7 Å². The van der Waals surface area contributed by atoms with Gasteiger partial charge in [0.1, 0.15) is 48.0 Å². The van der Waals surface area contributed by atoms with Crippen LogP contribution in [0.25, 0.3) is 43.4 Å². The van der Waals surface area contributed by atoms with Crippen molar-refractivity contribution in [2.24, 2.45) is 5.92 Å². The summed E-state index contributed by atoms with van der Waals surface area (Å²) >= 11 is 1.58. The number of phenolic OH excluding ortho intramolecular Hbond substituents is 1. The van der Waals surface area contributed by atoms with Crippen LogP contribution in [0.4, 0.5) is 20.8 Å². The van der Waals surface area contributed by atoms with Crippen LogP contribution in [0.15, 0.2) is 76.9 Å². The molecule has 2 bridgehead atoms. The van der Waals surface area contributed by atoms with E-state index in [0.29, 0.717) is 79.6 Å². The number of fused-ring (bicyclic) bond motifs is 4. The van der Waals surface area contributed by atoms with Crippen LogP contribution in [0.3, 0.4) is 0 Å². The van der Waals surface area contributed by atoms with Gasteiger partial charge in [0, 0.05) is 93.7 Å². The van der Waals surface area contributed by atoms with Crippen LogP contribution in [0.1, 0.15) is 101 Å². The van der Waals surface area contributed by atoms with E-state index in [2.05, 4.69) is 30.6 Å². The van der Waals surface area contributed by atoms with E-state index < -0.39 is 30.0 Å². The van der Waals surface area contributed by atoms with E-state index in [1.165, 1.54) is 4.90 Å². The van der Waals surface area contributed by atoms with Gasteiger partial charge >= 0.3 is 12.1 Å². The van der Waals surface area contributed by atoms with Crippen molar-refractivity contribution < 1.29 is 43.0 Å². The van der Waals surface area contributed by atoms with Gasteiger partial charge in [-0.2, -0.15) is 9.97 Å². The fourth-order valence-corrected chi connectivity index (χ4v) is 14.3. The average Bonchev–Trinajstić information content (AvgIpc) is 1.87. The van der Waals surface area contributed by atoms with Gasteiger partial charge in [-0.15, -0.1) is 11.3 Å². The van der Waals surface area contributed by atoms with E-state index in [4.69, 9.17) is 28.9 Å². The number of nitrogens with zero attached hydrogens (tertiary/aromatic N) is 10. The first-order chi connectivity index (χ1) is 41.0. The van der Waals surface area contributed by atoms with Gasteiger partial charge in [-0.25, -0.2) is 14.2 Å². The highest BCUT2D eigenvalue weighted by atomic mass is 32.1. The molecule has 20 nitrogen and oxygen atoms in total. The third-order valence-corrected chi connectivity index (χ3v) is 19.2. The number of ether oxygens (including phenoxy) is 2. The predicted molar refractivity (Wildman–Crippen MR) is 322 cm³/mol. The summed E-state index contributed by atoms with van der Waals surface area (Å²) in [5.74, 6) is -0.766. The number of likely N-dealkylation sites (tertiary alicyclic amines) is 2. The third-order valence-electron chi connectivity index (χ3n) is 18.2. The molecule has 3 aromatic carbocycles. The van der Waals surface area contributed by atoms with Gasteiger partial charge in [0.15, 0.2) is 17.4 Å². The Morgan fingerprint density at radius 1 is 0.918 bits per heavy atom. The second kappa shape index (κ2) is 24.1. The molecular formula is C63H75FN12O8S. The highest BCUT2D eigenvalue weighted by molar-refractivity contribution is 7.13. The van der Waals surface area contributed by atoms with Crippen LogP contribution in [0.5, 0.6) is 11.8 Å². The predicted octanol–water partition coefficient (Wildman–Crippen LogP) is 8.38. The average molecular weight is 1180 g/mol. The number of β-amino-alcohol motifs (C(OH)–C–C–N with tert-alkyl or cyclic N) is 1. The number of anilines is 2. The first-order valence-corrected chi connectivity index (χ1v) is 30.8. The monoisotopic (exact) mass is 1180 g/mol. The Bertz CT molecular complexity index is 3610. The maximum Gasteiger partial charge on any atom is 0.410 e. The lowest BCUT2D eigenvalue weighted by Crippen LogP contribution is -2.54. The fourth-order valence-electron chi connectivity index (χ4n) is 13.5. The molecule has 0 saturated carbocycles. The van der Waals surface area contributed by atoms with Gasteiger partial charge in [-0.05, 0) is 105 Å². The molecule has 4 N–H and O–H groups in total. The number of pyridine rings is 1. The molecule has 0 aliphatic carbocycles. The number of piperazine rings is 2. The minimum Gasteiger partial charge on any atom is -0.508 e. The maximum absolute atomic E-state index is 17.2. The molecule has 3 amide bonds. The molecule has 4 aromatic heterocycles. The number of aliphatic hydroxyl groups excluding tert-OH is 1. The smallest absolute Gasteiger partial charge is 0.410 e. The number of aryl methyl sites for hydroxylation is 2. The topological polar surface area (TPSA) is 228 Å². The lowest BCUT2D eigenvalue weighted by atomic mass is 9.91. The van der Waals surface area contributed by atoms with Crippen LogP contribution < -0.4 is 25.2 Å². The van der Waals surface area contributed by atoms with Crippen LogP contribution in [0.2, 0.25) is 0 Å². The number of likely N-dealkylation sites (N-methyl/N-ethyl adjacent to an activating group) is 1. The number of halogens is 1. The molecule has 9 heterocycles. The summed E-state index contributed by atoms with van der Waals surface area (Å²) in [5.41, 5.74) is 6.45. The molecule has 0 spiro atoms. The van der Waals surface area contributed by atoms with Gasteiger partial charge in [0.25, 0.3) is 0 Å². The number of amides is 3. The zero-order valence-electron chi connectivity index (χ0n) is 49.2. The summed E-state index contributed by atoms with van der Waals surface area (Å²) in [6, 6.07) is 17.9. The fraction of sp³-hybridized carbons (Fsp3) is 0.492. The zero-order chi connectivity index (χ0) is 59.4. The molecule has 5 aliphatic heterocycles. The van der Waals surface area contributed by atoms with Gasteiger partial charge in [0.05, 0.1) is 33.6 Å². The number of rotatable bonds is 16. The van der Waals surface area contributed by atoms with E-state index in [0.717, 1.165) is 63.7 Å². The van der Waals surface area contributed by atoms with Crippen molar-refractivity contribution in [3.05, 3.63) is 101 Å². The summed E-state index contributed by atoms with van der Waals surface area (Å²) in [5, 5.41) is 34.9. The molecule has 12 rings (SSSR count). The van der Waals surface area contributed by atoms with Crippen molar-refractivity contribution in [1.82, 2.24) is 50.4 Å². The van der Waals surface area contributed by atoms with E-state index >= 15 is 4.39 Å². The molecule has 5 saturated heterocycles. The largest absolute Gasteiger partial charge is 0.508 e. The molecule has 448 valence electrons. The quantitative estimate of drug-likeness (QED) is 0.0712. The minimum atomic E-state index is -0.870. The number of nitrogens with one attached hydrogen (secondary N) is 2. The molecule has 22 heteroatoms. The van der Waals surface area contributed by atoms with Crippen molar-refractivity contribution in [3.8, 4) is 33.5 Å². The molecule has 2 unspecified atom stereocenters. The summed E-state index contributed by atoms with van der Waals surface area (Å²) < 4.78 is 35.6. The van der Waals surface area contributed by atoms with Gasteiger partial charge in [-0.3, -0.25) is 19.5 Å². The summed E-state index contributed by atoms with van der Waals surface area (Å²) in [7, 11) is 1.99. The standard InChI is InChI=1S/C63H75FN12O8S/c1-8-38-10-9-11-41-22-46(77)23-48(54(38)41)56-55(64)57-49(26-65-56)59(74-28-42-16-17-43(29-74)68-42)70-62(69-57)82-31-44-18-19-45(72(44)7)32-83-63(81)75-21-20-73(27-35(75)4)52-25-51(84-71-52)53(34(2)3)61(80)76-30-47(78)24-50(76)60(79)67-36(5)39-12-14-40(15-13-39)58-37(6)66-33-85-58/h9-15,22-23,25-26,33-36,42-45,47,50,53,68,77-78H,8,16-21,24,27-32H2,1-7H3,(H,67,79)/t35-,36-,42?,43?,44-,45-,47+,50-,53+/m0/s1. The molecular weight excluding hydrogens is 1100 g/mol. The normalized spacial score (nSPS) is 23.3. The Labute approximate surface area is 497 Å². The zero-order valence-corrected chi connectivity index (χ0v) is 50.0. The van der Waals surface area contributed by atoms with Crippen LogP contribution in [0, 0.1) is 18.7 Å². The SMILES string of the molecule is CCc1cccc2cc(O)cc(-c3ncc4c(N5CC6CCC(C5)N6)nc(OC[C@@H]5CC[C@@H](COC(=O)N6CCN(c7cc([C@H](C(=O)N8C[C@H](O)C[C@H]8C(=O)N[C@@H](C)c8ccc(-c9scnc9C)cc8)C(C)C)on7)C[C@@H]6C)N5C)nc4c3F)c12. The Morgan fingerprint density at radius 2 is 1.68 bits per heavy atom. The maximum atomic E-state index is 17.2. The van der Waals surface area contributed by atoms with E-state index in [9.17, 15) is 24.6 Å². The van der Waals surface area contributed by atoms with Crippen molar-refractivity contribution >= 4 is 62.6 Å². The molecule has 7 aromatic rings. The minimum absolute atomic E-state index is 0.0164. The van der Waals surface area contributed by atoms with E-state index in [1.807, 2.05) is 101 Å². The Balaban J connectivity index is 0.659. The number of aromatic nitrogens is 5. The van der Waals surface area contributed by atoms with Gasteiger partial charge < -0.3 is 54.4 Å². The van der Waals surface area contributed by atoms with Gasteiger partial charge in [0.2, 0.25) is 11.8 Å². The molecule has 9 atom stereocenters. The number of thiazole rings is 1. The Hall–Kier alpha value is -7.53. The number of aliphatic hydroxyl groups is 1. The number of carbonyl (C=O) groups is 3. The highest BCUT2D eigenvalue weighted by Crippen LogP contribution is 2.40. The highest BCUT2D eigenvalue weighted by Gasteiger charge is 2.44. The van der Waals surface area contributed by atoms with Crippen LogP contribution in [-0.4, -0.2) is 170 Å². The molecule has 5 fully saturated rings.